The van der Waals surface area contributed by atoms with Crippen molar-refractivity contribution in [3.8, 4) is 0 Å². The van der Waals surface area contributed by atoms with Crippen LogP contribution in [0.15, 0.2) is 352 Å². The van der Waals surface area contributed by atoms with Gasteiger partial charge in [-0.3, -0.25) is 0 Å². The summed E-state index contributed by atoms with van der Waals surface area (Å²) >= 11 is 0. The van der Waals surface area contributed by atoms with Gasteiger partial charge < -0.3 is 34.3 Å². The number of rotatable bonds is 8. The number of hydrogen-bond donors (Lipinski definition) is 0. The van der Waals surface area contributed by atoms with Crippen LogP contribution in [0.3, 0.4) is 0 Å². The van der Waals surface area contributed by atoms with Crippen LogP contribution in [-0.2, 0) is 65.0 Å². The zero-order chi connectivity index (χ0) is 97.4. The second-order valence-electron chi connectivity index (χ2n) is 46.5. The van der Waals surface area contributed by atoms with Gasteiger partial charge in [-0.15, -0.1) is 0 Å². The third-order valence-electron chi connectivity index (χ3n) is 22.0. The molecule has 0 atom stereocenters. The Hall–Kier alpha value is -3.07. The summed E-state index contributed by atoms with van der Waals surface area (Å²) in [5, 5.41) is 10.7. The fourth-order valence-electron chi connectivity index (χ4n) is 12.9. The zero-order valence-corrected chi connectivity index (χ0v) is 103. The first-order chi connectivity index (χ1) is 60.1. The van der Waals surface area contributed by atoms with Crippen molar-refractivity contribution in [2.75, 3.05) is 0 Å². The van der Waals surface area contributed by atoms with Crippen LogP contribution < -0.4 is 42.4 Å². The Kier molecular flexibility index (Phi) is 57.0. The van der Waals surface area contributed by atoms with Gasteiger partial charge >= 0.3 is 80.8 Å². The molecule has 0 bridgehead atoms. The first kappa shape index (κ1) is 129. The van der Waals surface area contributed by atoms with Crippen LogP contribution in [0.1, 0.15) is 316 Å². The third-order valence-corrected chi connectivity index (χ3v) is 26.4. The molecular formula is C126H166P4Sm4-4. The summed E-state index contributed by atoms with van der Waals surface area (Å²) in [5.74, 6) is 0. The summed E-state index contributed by atoms with van der Waals surface area (Å²) < 4.78 is 0. The van der Waals surface area contributed by atoms with E-state index in [-0.39, 0.29) is 227 Å². The molecule has 0 heterocycles. The molecule has 718 valence electrons. The maximum atomic E-state index is 2.33. The monoisotopic (exact) mass is 2410 g/mol. The summed E-state index contributed by atoms with van der Waals surface area (Å²) in [4.78, 5) is 0. The van der Waals surface area contributed by atoms with Crippen LogP contribution in [0.4, 0.5) is 0 Å². The molecule has 8 heteroatoms. The molecule has 2 radical (unpaired) electrons. The minimum atomic E-state index is 0. The van der Waals surface area contributed by atoms with Crippen LogP contribution in [-0.4, -0.2) is 0 Å². The molecule has 14 aromatic carbocycles. The molecule has 14 aromatic rings. The van der Waals surface area contributed by atoms with Gasteiger partial charge in [0.15, 0.2) is 0 Å². The van der Waals surface area contributed by atoms with Crippen molar-refractivity contribution in [1.29, 1.82) is 0 Å². The summed E-state index contributed by atoms with van der Waals surface area (Å²) in [6.45, 7) is 81.3. The van der Waals surface area contributed by atoms with Crippen molar-refractivity contribution in [2.24, 2.45) is 0 Å². The van der Waals surface area contributed by atoms with Crippen LogP contribution in [0.2, 0.25) is 0 Å². The molecular weight excluding hydrogens is 2240 g/mol. The quantitative estimate of drug-likeness (QED) is 0.105. The van der Waals surface area contributed by atoms with Gasteiger partial charge in [-0.2, -0.15) is 140 Å². The van der Waals surface area contributed by atoms with Gasteiger partial charge in [0.05, 0.1) is 0 Å². The standard InChI is InChI=1S/6C13H21.4C12H10P.4Sm/c6*1-12(2,3)10-7-8-11(9-10)13(4,5)6;4*1-3-7-11(8-4-1)13-12-9-5-2-6-10-12;;;;/h6*7-9H,1-6H3;4*1-10H;;;;/q10*-1;;;2*+3. The molecule has 0 unspecified atom stereocenters. The largest absolute Gasteiger partial charge is 3.00 e. The molecule has 0 spiro atoms. The predicted molar refractivity (Wildman–Crippen MR) is 593 cm³/mol. The molecule has 0 amide bonds. The van der Waals surface area contributed by atoms with Crippen molar-refractivity contribution in [1.82, 2.24) is 0 Å². The molecule has 0 saturated heterocycles. The Morgan fingerprint density at radius 1 is 0.179 bits per heavy atom. The number of hydrogen-bond acceptors (Lipinski definition) is 0. The van der Waals surface area contributed by atoms with Gasteiger partial charge in [-0.1, -0.05) is 546 Å². The second kappa shape index (κ2) is 59.2. The summed E-state index contributed by atoms with van der Waals surface area (Å²) in [7, 11) is 5.13. The van der Waals surface area contributed by atoms with E-state index < -0.39 is 0 Å². The normalized spacial score (nSPS) is 11.6. The number of benzene rings is 8. The molecule has 0 nitrogen and oxygen atoms in total. The predicted octanol–water partition coefficient (Wildman–Crippen LogP) is 34.3. The minimum absolute atomic E-state index is 0. The van der Waals surface area contributed by atoms with Crippen molar-refractivity contribution in [3.63, 3.8) is 0 Å². The van der Waals surface area contributed by atoms with Gasteiger partial charge in [-0.05, 0) is 10.8 Å². The maximum Gasteiger partial charge on any atom is 3.00 e. The average molecular weight is 2410 g/mol. The van der Waals surface area contributed by atoms with Crippen molar-refractivity contribution in [3.05, 3.63) is 419 Å². The van der Waals surface area contributed by atoms with Crippen LogP contribution in [0, 0.1) is 162 Å². The Morgan fingerprint density at radius 3 is 0.396 bits per heavy atom. The first-order valence-electron chi connectivity index (χ1n) is 47.0. The van der Waals surface area contributed by atoms with Crippen LogP contribution in [0.25, 0.3) is 0 Å². The SMILES string of the molecule is CC(C)(C)c1c[cH-]c(C(C)(C)C)c1.CC(C)(C)c1c[cH-]c(C(C)(C)C)c1.CC(C)(C)c1cc[c-](C(C)(C)C)c1.CC(C)(C)c1cc[c-](C(C)(C)C)c1.CC(C)(C)c1cc[c-](C(C)(C)C)c1.CC(C)(C)c1cc[c-](C(C)(C)C)c1.[Sm+3].[Sm+3].[Sm].[Sm].c1ccc([P-]c2ccccc2)cc1.c1ccc([P-]c2ccccc2)cc1.c1ccc([P-]c2ccccc2)cc1.c1ccc([P-]c2ccccc2)cc1. The molecule has 0 aliphatic heterocycles. The van der Waals surface area contributed by atoms with Crippen molar-refractivity contribution < 1.29 is 162 Å². The van der Waals surface area contributed by atoms with Gasteiger partial charge in [0.2, 0.25) is 0 Å². The summed E-state index contributed by atoms with van der Waals surface area (Å²) in [6, 6.07) is 125. The molecule has 134 heavy (non-hydrogen) atoms. The van der Waals surface area contributed by atoms with E-state index in [9.17, 15) is 0 Å². The molecule has 0 saturated carbocycles. The van der Waals surface area contributed by atoms with E-state index in [2.05, 4.69) is 553 Å². The van der Waals surface area contributed by atoms with Crippen molar-refractivity contribution in [2.45, 2.75) is 314 Å². The van der Waals surface area contributed by atoms with Crippen molar-refractivity contribution >= 4 is 76.8 Å². The van der Waals surface area contributed by atoms with Crippen LogP contribution >= 0.6 is 34.3 Å². The first-order valence-corrected chi connectivity index (χ1v) is 50.6. The van der Waals surface area contributed by atoms with E-state index in [1.165, 1.54) is 144 Å². The molecule has 0 N–H and O–H groups in total. The maximum absolute atomic E-state index is 2.33. The van der Waals surface area contributed by atoms with E-state index in [0.29, 0.717) is 0 Å². The average Bonchev–Trinajstić information content (AvgIpc) is 1.72. The van der Waals surface area contributed by atoms with Gasteiger partial charge in [0.25, 0.3) is 0 Å². The van der Waals surface area contributed by atoms with E-state index in [4.69, 9.17) is 0 Å². The van der Waals surface area contributed by atoms with E-state index >= 15 is 0 Å². The fraction of sp³-hybridized carbons (Fsp3) is 0.381. The van der Waals surface area contributed by atoms with Crippen LogP contribution in [0.5, 0.6) is 0 Å². The summed E-state index contributed by atoms with van der Waals surface area (Å²) in [6.07, 6.45) is 0. The Morgan fingerprint density at radius 2 is 0.313 bits per heavy atom. The molecule has 14 rings (SSSR count). The fourth-order valence-corrected chi connectivity index (χ4v) is 16.6. The van der Waals surface area contributed by atoms with Gasteiger partial charge in [0.1, 0.15) is 0 Å². The minimum Gasteiger partial charge on any atom is -0.472 e. The summed E-state index contributed by atoms with van der Waals surface area (Å²) in [5.41, 5.74) is 20.7. The molecule has 0 aliphatic carbocycles. The molecule has 0 aliphatic rings. The van der Waals surface area contributed by atoms with E-state index in [1.54, 1.807) is 0 Å². The third kappa shape index (κ3) is 51.2. The Balaban J connectivity index is 0.000000742. The van der Waals surface area contributed by atoms with Gasteiger partial charge in [-0.25, -0.2) is 78.8 Å². The van der Waals surface area contributed by atoms with E-state index in [0.717, 1.165) is 0 Å². The topological polar surface area (TPSA) is 0 Å². The van der Waals surface area contributed by atoms with Gasteiger partial charge in [0, 0.05) is 80.8 Å². The molecule has 0 aromatic heterocycles. The smallest absolute Gasteiger partial charge is 0.472 e. The van der Waals surface area contributed by atoms with E-state index in [1.807, 2.05) is 48.5 Å². The Labute approximate surface area is 958 Å². The molecule has 0 fully saturated rings. The second-order valence-corrected chi connectivity index (χ2v) is 51.5. The zero-order valence-electron chi connectivity index (χ0n) is 88.9. The Bertz CT molecular complexity index is 4250.